The molecule has 2 fully saturated rings. The van der Waals surface area contributed by atoms with E-state index in [0.29, 0.717) is 12.8 Å². The van der Waals surface area contributed by atoms with E-state index in [-0.39, 0.29) is 18.9 Å². The summed E-state index contributed by atoms with van der Waals surface area (Å²) in [6.45, 7) is 2.70. The van der Waals surface area contributed by atoms with Crippen LogP contribution in [0.5, 0.6) is 0 Å². The summed E-state index contributed by atoms with van der Waals surface area (Å²) in [4.78, 5) is 13.3. The molecule has 14 heteroatoms. The van der Waals surface area contributed by atoms with Crippen LogP contribution in [-0.2, 0) is 23.7 Å². The maximum atomic E-state index is 13.3. The molecule has 14 nitrogen and oxygen atoms in total. The van der Waals surface area contributed by atoms with E-state index in [2.05, 4.69) is 79.9 Å². The fraction of sp³-hybridized carbons (Fsp3) is 0.827. The number of carbonyl (C=O) groups excluding carboxylic acids is 1. The highest BCUT2D eigenvalue weighted by atomic mass is 16.7. The normalized spacial score (nSPS) is 23.4. The number of carbonyl (C=O) groups is 1. The van der Waals surface area contributed by atoms with Gasteiger partial charge in [0.1, 0.15) is 48.8 Å². The number of hydrogen-bond donors (Lipinski definition) is 9. The number of ether oxygens (including phenoxy) is 4. The number of aliphatic hydroxyl groups excluding tert-OH is 8. The maximum absolute atomic E-state index is 13.3. The van der Waals surface area contributed by atoms with Crippen molar-refractivity contribution in [2.45, 2.75) is 376 Å². The number of allylic oxidation sites excluding steroid dienone is 11. The molecule has 0 aliphatic carbocycles. The van der Waals surface area contributed by atoms with Crippen LogP contribution in [0.3, 0.4) is 0 Å². The van der Waals surface area contributed by atoms with E-state index in [1.807, 2.05) is 6.08 Å². The minimum atomic E-state index is -1.79. The van der Waals surface area contributed by atoms with Crippen LogP contribution in [-0.4, -0.2) is 140 Å². The van der Waals surface area contributed by atoms with Crippen LogP contribution >= 0.6 is 0 Å². The summed E-state index contributed by atoms with van der Waals surface area (Å²) < 4.78 is 22.9. The standard InChI is InChI=1S/C75H135NO13/c1-3-5-7-9-11-13-15-17-19-21-23-25-27-29-30-31-32-33-35-36-38-40-42-44-46-48-50-52-54-56-58-64(79)63(62-86-74-72(85)70(83)73(66(61-78)88-74)89-75-71(84)69(82)68(81)65(60-77)87-75)76-67(80)59-57-55-53-51-49-47-45-43-41-39-37-34-28-26-24-22-20-18-16-14-12-10-8-6-4-2/h6,8,12,14,18,20,24,26,48,50,56,58,63-66,68-75,77-79,81-85H,3-5,7,9-11,13,15-17,19,21-23,25,27-47,49,51-55,57,59-62H2,1-2H3,(H,76,80)/b8-6-,14-12-,20-18-,26-24-,50-48+,58-56+. The lowest BCUT2D eigenvalue weighted by Crippen LogP contribution is -2.65. The fourth-order valence-electron chi connectivity index (χ4n) is 11.8. The Labute approximate surface area is 542 Å². The van der Waals surface area contributed by atoms with Crippen LogP contribution in [0.2, 0.25) is 0 Å². The summed E-state index contributed by atoms with van der Waals surface area (Å²) >= 11 is 0. The molecule has 2 saturated heterocycles. The van der Waals surface area contributed by atoms with Crippen molar-refractivity contribution in [3.05, 3.63) is 72.9 Å². The molecule has 0 aromatic rings. The molecule has 0 spiro atoms. The van der Waals surface area contributed by atoms with E-state index in [1.54, 1.807) is 6.08 Å². The Morgan fingerprint density at radius 3 is 1.24 bits per heavy atom. The van der Waals surface area contributed by atoms with Crippen molar-refractivity contribution in [3.63, 3.8) is 0 Å². The molecule has 12 atom stereocenters. The van der Waals surface area contributed by atoms with Crippen molar-refractivity contribution in [2.75, 3.05) is 19.8 Å². The minimum Gasteiger partial charge on any atom is -0.394 e. The average molecular weight is 1260 g/mol. The zero-order valence-electron chi connectivity index (χ0n) is 56.4. The highest BCUT2D eigenvalue weighted by molar-refractivity contribution is 5.76. The van der Waals surface area contributed by atoms with Gasteiger partial charge in [-0.05, 0) is 70.6 Å². The maximum Gasteiger partial charge on any atom is 0.220 e. The molecule has 0 radical (unpaired) electrons. The Kier molecular flexibility index (Phi) is 54.9. The first-order valence-electron chi connectivity index (χ1n) is 36.7. The van der Waals surface area contributed by atoms with Gasteiger partial charge in [0.15, 0.2) is 12.6 Å². The van der Waals surface area contributed by atoms with E-state index in [4.69, 9.17) is 18.9 Å². The summed E-state index contributed by atoms with van der Waals surface area (Å²) in [5.41, 5.74) is 0. The van der Waals surface area contributed by atoms with Crippen LogP contribution in [0.1, 0.15) is 303 Å². The van der Waals surface area contributed by atoms with E-state index < -0.39 is 86.8 Å². The summed E-state index contributed by atoms with van der Waals surface area (Å²) in [5, 5.41) is 87.5. The summed E-state index contributed by atoms with van der Waals surface area (Å²) in [5.74, 6) is -0.250. The highest BCUT2D eigenvalue weighted by Crippen LogP contribution is 2.30. The first kappa shape index (κ1) is 82.5. The first-order valence-corrected chi connectivity index (χ1v) is 36.7. The van der Waals surface area contributed by atoms with Gasteiger partial charge < -0.3 is 65.1 Å². The quantitative estimate of drug-likeness (QED) is 0.0204. The van der Waals surface area contributed by atoms with Crippen LogP contribution in [0.4, 0.5) is 0 Å². The topological polar surface area (TPSA) is 228 Å². The monoisotopic (exact) mass is 1260 g/mol. The third-order valence-corrected chi connectivity index (χ3v) is 17.6. The average Bonchev–Trinajstić information content (AvgIpc) is 1.37. The van der Waals surface area contributed by atoms with Crippen LogP contribution < -0.4 is 5.32 Å². The molecular weight excluding hydrogens is 1120 g/mol. The molecule has 518 valence electrons. The van der Waals surface area contributed by atoms with Gasteiger partial charge >= 0.3 is 0 Å². The molecule has 2 heterocycles. The molecular formula is C75H135NO13. The molecule has 0 aromatic heterocycles. The first-order chi connectivity index (χ1) is 43.6. The number of rotatable bonds is 60. The third kappa shape index (κ3) is 43.1. The zero-order chi connectivity index (χ0) is 64.5. The Morgan fingerprint density at radius 1 is 0.416 bits per heavy atom. The van der Waals surface area contributed by atoms with E-state index >= 15 is 0 Å². The van der Waals surface area contributed by atoms with Crippen LogP contribution in [0.25, 0.3) is 0 Å². The Balaban J connectivity index is 1.68. The lowest BCUT2D eigenvalue weighted by Gasteiger charge is -2.46. The molecule has 12 unspecified atom stereocenters. The third-order valence-electron chi connectivity index (χ3n) is 17.6. The van der Waals surface area contributed by atoms with Crippen molar-refractivity contribution in [1.29, 1.82) is 0 Å². The van der Waals surface area contributed by atoms with Gasteiger partial charge in [0.25, 0.3) is 0 Å². The van der Waals surface area contributed by atoms with Gasteiger partial charge in [-0.15, -0.1) is 0 Å². The van der Waals surface area contributed by atoms with Gasteiger partial charge in [0, 0.05) is 6.42 Å². The molecule has 0 saturated carbocycles. The second-order valence-corrected chi connectivity index (χ2v) is 25.7. The zero-order valence-corrected chi connectivity index (χ0v) is 56.4. The lowest BCUT2D eigenvalue weighted by molar-refractivity contribution is -0.359. The van der Waals surface area contributed by atoms with Gasteiger partial charge in [-0.1, -0.05) is 299 Å². The fourth-order valence-corrected chi connectivity index (χ4v) is 11.8. The number of hydrogen-bond acceptors (Lipinski definition) is 13. The Bertz CT molecular complexity index is 1770. The van der Waals surface area contributed by atoms with Crippen molar-refractivity contribution in [3.8, 4) is 0 Å². The van der Waals surface area contributed by atoms with Crippen molar-refractivity contribution < 1.29 is 64.6 Å². The predicted octanol–water partition coefficient (Wildman–Crippen LogP) is 15.4. The largest absolute Gasteiger partial charge is 0.394 e. The van der Waals surface area contributed by atoms with Gasteiger partial charge in [-0.3, -0.25) is 4.79 Å². The molecule has 2 aliphatic rings. The van der Waals surface area contributed by atoms with E-state index in [0.717, 1.165) is 64.2 Å². The number of unbranched alkanes of at least 4 members (excludes halogenated alkanes) is 37. The van der Waals surface area contributed by atoms with Crippen LogP contribution in [0, 0.1) is 0 Å². The highest BCUT2D eigenvalue weighted by Gasteiger charge is 2.51. The summed E-state index contributed by atoms with van der Waals surface area (Å²) in [6, 6.07) is -0.938. The molecule has 9 N–H and O–H groups in total. The molecule has 2 aliphatic heterocycles. The van der Waals surface area contributed by atoms with Gasteiger partial charge in [-0.25, -0.2) is 0 Å². The molecule has 1 amide bonds. The van der Waals surface area contributed by atoms with E-state index in [9.17, 15) is 45.6 Å². The second-order valence-electron chi connectivity index (χ2n) is 25.7. The molecule has 89 heavy (non-hydrogen) atoms. The summed E-state index contributed by atoms with van der Waals surface area (Å²) in [6.07, 6.45) is 64.0. The Hall–Kier alpha value is -2.57. The number of amides is 1. The number of nitrogens with one attached hydrogen (secondary N) is 1. The van der Waals surface area contributed by atoms with Crippen molar-refractivity contribution >= 4 is 5.91 Å². The summed E-state index contributed by atoms with van der Waals surface area (Å²) in [7, 11) is 0. The lowest BCUT2D eigenvalue weighted by atomic mass is 9.97. The van der Waals surface area contributed by atoms with Crippen LogP contribution in [0.15, 0.2) is 72.9 Å². The molecule has 0 aromatic carbocycles. The van der Waals surface area contributed by atoms with Gasteiger partial charge in [0.05, 0.1) is 32.0 Å². The minimum absolute atomic E-state index is 0.250. The smallest absolute Gasteiger partial charge is 0.220 e. The van der Waals surface area contributed by atoms with Crippen molar-refractivity contribution in [1.82, 2.24) is 5.32 Å². The van der Waals surface area contributed by atoms with Gasteiger partial charge in [-0.2, -0.15) is 0 Å². The SMILES string of the molecule is CC/C=C\C/C=C\C/C=C\C/C=C\CCCCCCCCCCCCCCC(=O)NC(COC1OC(CO)C(OC2OC(CO)C(O)C(O)C2O)C(O)C1O)C(O)/C=C/CC/C=C/CCCCCCCCCCCCCCCCCCCCCCCCCC. The van der Waals surface area contributed by atoms with E-state index in [1.165, 1.54) is 205 Å². The van der Waals surface area contributed by atoms with Gasteiger partial charge in [0.2, 0.25) is 5.91 Å². The predicted molar refractivity (Wildman–Crippen MR) is 364 cm³/mol. The van der Waals surface area contributed by atoms with Crippen molar-refractivity contribution in [2.24, 2.45) is 0 Å². The number of aliphatic hydroxyl groups is 8. The second kappa shape index (κ2) is 59.2. The Morgan fingerprint density at radius 2 is 0.787 bits per heavy atom. The molecule has 2 rings (SSSR count). The molecule has 0 bridgehead atoms.